The normalized spacial score (nSPS) is 26.8. The van der Waals surface area contributed by atoms with Crippen molar-refractivity contribution in [2.45, 2.75) is 72.6 Å². The first-order valence-electron chi connectivity index (χ1n) is 6.22. The smallest absolute Gasteiger partial charge is 0.0297 e. The molecule has 2 aliphatic carbocycles. The highest BCUT2D eigenvalue weighted by atomic mass is 14.4. The van der Waals surface area contributed by atoms with Gasteiger partial charge in [0.05, 0.1) is 0 Å². The second-order valence-corrected chi connectivity index (χ2v) is 5.79. The second-order valence-electron chi connectivity index (χ2n) is 5.79. The zero-order valence-electron chi connectivity index (χ0n) is 9.31. The molecule has 0 radical (unpaired) electrons. The Morgan fingerprint density at radius 2 is 1.43 bits per heavy atom. The molecule has 0 aromatic carbocycles. The van der Waals surface area contributed by atoms with E-state index in [4.69, 9.17) is 0 Å². The van der Waals surface area contributed by atoms with Crippen LogP contribution in [0.2, 0.25) is 0 Å². The highest BCUT2D eigenvalue weighted by Crippen LogP contribution is 2.51. The van der Waals surface area contributed by atoms with Crippen molar-refractivity contribution in [3.63, 3.8) is 0 Å². The third kappa shape index (κ3) is 2.32. The van der Waals surface area contributed by atoms with Crippen molar-refractivity contribution in [1.82, 2.24) is 0 Å². The van der Waals surface area contributed by atoms with Gasteiger partial charge in [-0.2, -0.15) is 0 Å². The molecule has 0 amide bonds. The van der Waals surface area contributed by atoms with E-state index in [0.29, 0.717) is 0 Å². The van der Waals surface area contributed by atoms with Crippen LogP contribution in [0.3, 0.4) is 0 Å². The Morgan fingerprint density at radius 3 is 1.86 bits per heavy atom. The summed E-state index contributed by atoms with van der Waals surface area (Å²) in [6.07, 6.45) is 12.3. The zero-order valence-corrected chi connectivity index (χ0v) is 9.31. The minimum atomic E-state index is 0. The Hall–Kier alpha value is 0. The molecular formula is C14H28. The minimum Gasteiger partial charge on any atom is -0.0776 e. The molecule has 1 spiro atoms. The second kappa shape index (κ2) is 4.68. The molecule has 0 heterocycles. The summed E-state index contributed by atoms with van der Waals surface area (Å²) in [5, 5.41) is 0. The van der Waals surface area contributed by atoms with Crippen molar-refractivity contribution in [3.8, 4) is 0 Å². The molecule has 0 unspecified atom stereocenters. The van der Waals surface area contributed by atoms with Crippen molar-refractivity contribution in [2.24, 2.45) is 17.3 Å². The van der Waals surface area contributed by atoms with Crippen LogP contribution < -0.4 is 0 Å². The van der Waals surface area contributed by atoms with Gasteiger partial charge in [-0.3, -0.25) is 0 Å². The van der Waals surface area contributed by atoms with Crippen LogP contribution in [-0.4, -0.2) is 0 Å². The van der Waals surface area contributed by atoms with Crippen LogP contribution >= 0.6 is 0 Å². The quantitative estimate of drug-likeness (QED) is 0.552. The molecule has 2 saturated carbocycles. The van der Waals surface area contributed by atoms with E-state index in [2.05, 4.69) is 13.8 Å². The van der Waals surface area contributed by atoms with Gasteiger partial charge in [0.2, 0.25) is 0 Å². The molecule has 84 valence electrons. The van der Waals surface area contributed by atoms with E-state index < -0.39 is 0 Å². The van der Waals surface area contributed by atoms with E-state index in [1.165, 1.54) is 25.7 Å². The molecule has 0 aliphatic heterocycles. The molecule has 0 bridgehead atoms. The van der Waals surface area contributed by atoms with Crippen molar-refractivity contribution in [2.75, 3.05) is 0 Å². The van der Waals surface area contributed by atoms with Crippen molar-refractivity contribution in [3.05, 3.63) is 0 Å². The predicted molar refractivity (Wildman–Crippen MR) is 64.4 cm³/mol. The Kier molecular flexibility index (Phi) is 4.04. The Labute approximate surface area is 90.5 Å². The van der Waals surface area contributed by atoms with Gasteiger partial charge in [-0.25, -0.2) is 0 Å². The maximum Gasteiger partial charge on any atom is -0.0297 e. The van der Waals surface area contributed by atoms with Gasteiger partial charge in [0.15, 0.2) is 0 Å². The van der Waals surface area contributed by atoms with Gasteiger partial charge >= 0.3 is 0 Å². The summed E-state index contributed by atoms with van der Waals surface area (Å²) in [5.41, 5.74) is 0.839. The fourth-order valence-electron chi connectivity index (χ4n) is 3.54. The van der Waals surface area contributed by atoms with Gasteiger partial charge in [0.1, 0.15) is 0 Å². The monoisotopic (exact) mass is 196 g/mol. The van der Waals surface area contributed by atoms with Crippen LogP contribution in [0.25, 0.3) is 0 Å². The van der Waals surface area contributed by atoms with Gasteiger partial charge in [-0.1, -0.05) is 34.1 Å². The van der Waals surface area contributed by atoms with E-state index in [9.17, 15) is 0 Å². The van der Waals surface area contributed by atoms with Gasteiger partial charge in [-0.05, 0) is 55.8 Å². The molecule has 0 aromatic heterocycles. The zero-order chi connectivity index (χ0) is 9.31. The molecule has 0 aromatic rings. The van der Waals surface area contributed by atoms with Gasteiger partial charge in [0, 0.05) is 0 Å². The summed E-state index contributed by atoms with van der Waals surface area (Å²) in [6.45, 7) is 4.80. The third-order valence-electron chi connectivity index (χ3n) is 4.70. The van der Waals surface area contributed by atoms with Crippen LogP contribution in [0.4, 0.5) is 0 Å². The fraction of sp³-hybridized carbons (Fsp3) is 1.00. The van der Waals surface area contributed by atoms with Crippen LogP contribution in [0.5, 0.6) is 0 Å². The lowest BCUT2D eigenvalue weighted by Crippen LogP contribution is -2.26. The summed E-state index contributed by atoms with van der Waals surface area (Å²) < 4.78 is 0. The summed E-state index contributed by atoms with van der Waals surface area (Å²) in [5.74, 6) is 1.98. The van der Waals surface area contributed by atoms with Crippen LogP contribution in [-0.2, 0) is 0 Å². The maximum absolute atomic E-state index is 2.40. The SMILES string of the molecule is C.CC(C)C1CCC2(CCCC2)CC1. The number of hydrogen-bond donors (Lipinski definition) is 0. The molecule has 14 heavy (non-hydrogen) atoms. The lowest BCUT2D eigenvalue weighted by Gasteiger charge is -2.38. The predicted octanol–water partition coefficient (Wildman–Crippen LogP) is 5.03. The molecular weight excluding hydrogens is 168 g/mol. The Balaban J connectivity index is 0.000000980. The molecule has 2 rings (SSSR count). The van der Waals surface area contributed by atoms with E-state index in [-0.39, 0.29) is 7.43 Å². The Bertz CT molecular complexity index is 153. The molecule has 0 atom stereocenters. The lowest BCUT2D eigenvalue weighted by atomic mass is 9.67. The van der Waals surface area contributed by atoms with E-state index in [0.717, 1.165) is 17.3 Å². The first-order chi connectivity index (χ1) is 6.22. The Morgan fingerprint density at radius 1 is 0.929 bits per heavy atom. The number of hydrogen-bond acceptors (Lipinski definition) is 0. The standard InChI is InChI=1S/C13H24.CH4/c1-11(2)12-5-9-13(10-6-12)7-3-4-8-13;/h11-12H,3-10H2,1-2H3;1H4. The van der Waals surface area contributed by atoms with Crippen molar-refractivity contribution < 1.29 is 0 Å². The average Bonchev–Trinajstić information content (AvgIpc) is 2.54. The largest absolute Gasteiger partial charge is 0.0776 e. The summed E-state index contributed by atoms with van der Waals surface area (Å²) in [4.78, 5) is 0. The van der Waals surface area contributed by atoms with Gasteiger partial charge < -0.3 is 0 Å². The average molecular weight is 196 g/mol. The van der Waals surface area contributed by atoms with Crippen molar-refractivity contribution in [1.29, 1.82) is 0 Å². The topological polar surface area (TPSA) is 0 Å². The molecule has 2 aliphatic rings. The summed E-state index contributed by atoms with van der Waals surface area (Å²) in [6, 6.07) is 0. The van der Waals surface area contributed by atoms with Crippen LogP contribution in [0.1, 0.15) is 72.6 Å². The molecule has 2 fully saturated rings. The van der Waals surface area contributed by atoms with Crippen molar-refractivity contribution >= 4 is 0 Å². The highest BCUT2D eigenvalue weighted by Gasteiger charge is 2.37. The van der Waals surface area contributed by atoms with E-state index in [1.807, 2.05) is 0 Å². The first-order valence-corrected chi connectivity index (χ1v) is 6.22. The molecule has 0 saturated heterocycles. The minimum absolute atomic E-state index is 0. The van der Waals surface area contributed by atoms with Crippen LogP contribution in [0.15, 0.2) is 0 Å². The van der Waals surface area contributed by atoms with E-state index >= 15 is 0 Å². The number of rotatable bonds is 1. The lowest BCUT2D eigenvalue weighted by molar-refractivity contribution is 0.132. The van der Waals surface area contributed by atoms with E-state index in [1.54, 1.807) is 25.7 Å². The van der Waals surface area contributed by atoms with Gasteiger partial charge in [-0.15, -0.1) is 0 Å². The third-order valence-corrected chi connectivity index (χ3v) is 4.70. The fourth-order valence-corrected chi connectivity index (χ4v) is 3.54. The molecule has 0 N–H and O–H groups in total. The van der Waals surface area contributed by atoms with Gasteiger partial charge in [0.25, 0.3) is 0 Å². The first kappa shape index (κ1) is 12.1. The molecule has 0 heteroatoms. The van der Waals surface area contributed by atoms with Crippen LogP contribution in [0, 0.1) is 17.3 Å². The molecule has 0 nitrogen and oxygen atoms in total. The summed E-state index contributed by atoms with van der Waals surface area (Å²) in [7, 11) is 0. The highest BCUT2D eigenvalue weighted by molar-refractivity contribution is 4.89. The summed E-state index contributed by atoms with van der Waals surface area (Å²) >= 11 is 0. The maximum atomic E-state index is 2.40.